The number of carboxylic acids is 4. The molecule has 1 saturated heterocycles. The molecule has 0 spiro atoms. The Kier molecular flexibility index (Phi) is 40.5. The lowest BCUT2D eigenvalue weighted by Crippen LogP contribution is -2.64. The quantitative estimate of drug-likeness (QED) is 0.0145. The molecule has 0 saturated carbocycles. The molecule has 0 aliphatic carbocycles. The van der Waals surface area contributed by atoms with Crippen LogP contribution in [-0.2, 0) is 122 Å². The minimum atomic E-state index is -5.37. The first kappa shape index (κ1) is 102. The Bertz CT molecular complexity index is 4530. The normalized spacial score (nSPS) is 15.8. The number of likely N-dealkylation sites (tertiary alicyclic amines) is 1. The van der Waals surface area contributed by atoms with E-state index >= 15 is 0 Å². The first-order valence-corrected chi connectivity index (χ1v) is 39.4. The molecule has 0 radical (unpaired) electrons. The molecule has 4 aromatic carbocycles. The Morgan fingerprint density at radius 3 is 1.22 bits per heavy atom. The minimum absolute atomic E-state index is 0. The van der Waals surface area contributed by atoms with Crippen LogP contribution in [-0.4, -0.2) is 264 Å². The van der Waals surface area contributed by atoms with Crippen molar-refractivity contribution in [1.82, 2.24) is 74.9 Å². The largest absolute Gasteiger partial charge is 0.716 e. The third-order valence-corrected chi connectivity index (χ3v) is 19.1. The lowest BCUT2D eigenvalue weighted by atomic mass is 10.0. The number of aliphatic hydroxyl groups excluding tert-OH is 2. The zero-order chi connectivity index (χ0) is 91.0. The van der Waals surface area contributed by atoms with Crippen molar-refractivity contribution >= 4 is 117 Å². The number of quaternary nitrogens is 1. The highest BCUT2D eigenvalue weighted by atomic mass is 32.3. The number of benzene rings is 4. The van der Waals surface area contributed by atoms with Gasteiger partial charge in [0.25, 0.3) is 10.4 Å². The van der Waals surface area contributed by atoms with Gasteiger partial charge in [0, 0.05) is 45.1 Å². The number of carboxylic acid groups (broad SMARTS) is 4. The van der Waals surface area contributed by atoms with Crippen LogP contribution in [0.3, 0.4) is 0 Å². The highest BCUT2D eigenvalue weighted by Crippen LogP contribution is 2.21. The van der Waals surface area contributed by atoms with Crippen molar-refractivity contribution in [1.29, 1.82) is 0 Å². The molecule has 1 aliphatic rings. The number of nitrogens with one attached hydrogen (secondary N) is 12. The molecule has 4 aromatic rings. The number of carbonyl (C=O) groups is 18. The van der Waals surface area contributed by atoms with Gasteiger partial charge in [-0.25, -0.2) is 8.42 Å². The highest BCUT2D eigenvalue weighted by molar-refractivity contribution is 7.81. The summed E-state index contributed by atoms with van der Waals surface area (Å²) in [6, 6.07) is 1.36. The van der Waals surface area contributed by atoms with Gasteiger partial charge in [-0.15, -0.1) is 0 Å². The fourth-order valence-corrected chi connectivity index (χ4v) is 12.7. The third kappa shape index (κ3) is 34.7. The van der Waals surface area contributed by atoms with E-state index in [4.69, 9.17) is 16.6 Å². The predicted octanol–water partition coefficient (Wildman–Crippen LogP) is -5.75. The summed E-state index contributed by atoms with van der Waals surface area (Å²) in [7, 11) is -5.37. The van der Waals surface area contributed by atoms with Gasteiger partial charge in [-0.05, 0) is 98.9 Å². The number of nitrogens with zero attached hydrogens (tertiary/aromatic N) is 1. The van der Waals surface area contributed by atoms with Crippen LogP contribution in [0.1, 0.15) is 108 Å². The molecular formula is C77H104N16O29S. The van der Waals surface area contributed by atoms with Crippen LogP contribution in [0.15, 0.2) is 109 Å². The number of aromatic hydroxyl groups is 1. The van der Waals surface area contributed by atoms with Crippen molar-refractivity contribution in [2.24, 2.45) is 17.4 Å². The van der Waals surface area contributed by atoms with Crippen LogP contribution in [0.5, 0.6) is 11.5 Å². The maximum atomic E-state index is 14.9. The monoisotopic (exact) mass is 1750 g/mol. The molecule has 27 N–H and O–H groups in total. The second kappa shape index (κ2) is 48.8. The topological polar surface area (TPSA) is 751 Å². The Hall–Kier alpha value is -13.3. The van der Waals surface area contributed by atoms with E-state index in [9.17, 15) is 130 Å². The highest BCUT2D eigenvalue weighted by Gasteiger charge is 2.41. The van der Waals surface area contributed by atoms with E-state index < -0.39 is 284 Å². The molecule has 672 valence electrons. The summed E-state index contributed by atoms with van der Waals surface area (Å²) in [5.41, 5.74) is 12.1. The number of aliphatic hydroxyl groups is 2. The molecule has 0 aromatic heterocycles. The van der Waals surface area contributed by atoms with Gasteiger partial charge in [0.2, 0.25) is 82.7 Å². The summed E-state index contributed by atoms with van der Waals surface area (Å²) in [6.07, 6.45) is -9.90. The van der Waals surface area contributed by atoms with Crippen LogP contribution in [0.2, 0.25) is 0 Å². The lowest BCUT2D eigenvalue weighted by Gasteiger charge is -2.30. The van der Waals surface area contributed by atoms with Crippen LogP contribution >= 0.6 is 0 Å². The van der Waals surface area contributed by atoms with Gasteiger partial charge in [-0.1, -0.05) is 98.8 Å². The van der Waals surface area contributed by atoms with E-state index in [0.29, 0.717) is 17.5 Å². The summed E-state index contributed by atoms with van der Waals surface area (Å²) in [5.74, 6) is -24.3. The van der Waals surface area contributed by atoms with Gasteiger partial charge in [0.05, 0.1) is 37.6 Å². The maximum Gasteiger partial charge on any atom is 0.305 e. The number of phenols is 1. The van der Waals surface area contributed by atoms with Gasteiger partial charge in [-0.2, -0.15) is 0 Å². The Morgan fingerprint density at radius 2 is 0.813 bits per heavy atom. The fourth-order valence-electron chi connectivity index (χ4n) is 12.4. The van der Waals surface area contributed by atoms with Gasteiger partial charge < -0.3 is 131 Å². The van der Waals surface area contributed by atoms with Crippen molar-refractivity contribution in [2.45, 2.75) is 202 Å². The van der Waals surface area contributed by atoms with Gasteiger partial charge in [-0.3, -0.25) is 86.3 Å². The van der Waals surface area contributed by atoms with Crippen molar-refractivity contribution in [3.05, 3.63) is 131 Å². The zero-order valence-corrected chi connectivity index (χ0v) is 68.5. The number of hydrogen-bond acceptors (Lipinski definition) is 26. The molecule has 15 atom stereocenters. The molecule has 123 heavy (non-hydrogen) atoms. The average Bonchev–Trinajstić information content (AvgIpc) is 1.70. The number of amides is 14. The lowest BCUT2D eigenvalue weighted by molar-refractivity contribution is -0.142. The summed E-state index contributed by atoms with van der Waals surface area (Å²) in [6.45, 7) is 5.54. The van der Waals surface area contributed by atoms with E-state index in [1.54, 1.807) is 24.3 Å². The minimum Gasteiger partial charge on any atom is -0.716 e. The molecule has 1 fully saturated rings. The van der Waals surface area contributed by atoms with E-state index in [-0.39, 0.29) is 42.4 Å². The summed E-state index contributed by atoms with van der Waals surface area (Å²) in [5, 5.41) is 98.6. The summed E-state index contributed by atoms with van der Waals surface area (Å²) < 4.78 is 38.8. The van der Waals surface area contributed by atoms with Crippen molar-refractivity contribution < 1.29 is 139 Å². The molecule has 1 aliphatic heterocycles. The Balaban J connectivity index is 0.0000318. The molecule has 46 heteroatoms. The smallest absolute Gasteiger partial charge is 0.305 e. The van der Waals surface area contributed by atoms with Crippen LogP contribution < -0.4 is 85.6 Å². The summed E-state index contributed by atoms with van der Waals surface area (Å²) in [4.78, 5) is 245. The standard InChI is InChI=1S/C77H101N15O29S.H3N/c1-38(2)62(89-68(108)49(27-29-59(99)100)82-66(106)48(78)26-28-58(97)98)74(114)90-64(41(5)94)76(116)91-63(40(4)93)75(115)88-53(32-43-15-10-7-11-16-43)71(111)84-51(31-42-13-8-6-9-14-42)69(109)87-55(36-61(103)104)73(113)85-52(34-45-20-24-47(25-21-45)121-122(118,119)120)70(110)86-54(35-60(101)102)72(112)83-50(33-44-18-22-46(95)23-19-44)67(107)80-37-57(96)81-39(3)77(117)92-30-12-17-56(92)65(79)105;/h6-11,13-16,18-25,38-41,48-56,62-64,93-95H,12,17,26-37,78H2,1-5H3,(H2,79,105)(H,80,107)(H,81,96)(H,82,106)(H,83,112)(H,84,111)(H,85,113)(H,86,110)(H,87,109)(H,88,115)(H,89,108)(H,90,114)(H,91,116)(H,97,98)(H,99,100)(H,101,102)(H,103,104)(H,118,119,120);1H3/t39-,40?,41?,48-,49-,50-,51-,52-,53-,54-,55-,56-,62-,63-,64-;/m0./s1. The Morgan fingerprint density at radius 1 is 0.455 bits per heavy atom. The van der Waals surface area contributed by atoms with Gasteiger partial charge in [0.15, 0.2) is 0 Å². The molecular weight excluding hydrogens is 1640 g/mol. The van der Waals surface area contributed by atoms with E-state index in [2.05, 4.69) is 68.0 Å². The van der Waals surface area contributed by atoms with Gasteiger partial charge >= 0.3 is 23.9 Å². The first-order valence-electron chi connectivity index (χ1n) is 38.1. The second-order valence-corrected chi connectivity index (χ2v) is 30.0. The van der Waals surface area contributed by atoms with Crippen molar-refractivity contribution in [3.8, 4) is 11.5 Å². The van der Waals surface area contributed by atoms with Crippen molar-refractivity contribution in [3.63, 3.8) is 0 Å². The maximum absolute atomic E-state index is 14.9. The molecule has 14 amide bonds. The molecule has 0 bridgehead atoms. The molecule has 1 heterocycles. The molecule has 45 nitrogen and oxygen atoms in total. The van der Waals surface area contributed by atoms with E-state index in [1.165, 1.54) is 86.3 Å². The number of phenolic OH excluding ortho intramolecular Hbond substituents is 1. The van der Waals surface area contributed by atoms with Gasteiger partial charge in [0.1, 0.15) is 84.0 Å². The number of carbonyl (C=O) groups excluding carboxylic acids is 14. The third-order valence-electron chi connectivity index (χ3n) is 18.8. The number of hydrogen-bond donors (Lipinski definition) is 22. The predicted molar refractivity (Wildman–Crippen MR) is 427 cm³/mol. The second-order valence-electron chi connectivity index (χ2n) is 29.0. The van der Waals surface area contributed by atoms with E-state index in [0.717, 1.165) is 38.1 Å². The number of nitrogens with two attached hydrogens (primary N) is 2. The van der Waals surface area contributed by atoms with Crippen LogP contribution in [0, 0.1) is 5.92 Å². The molecule has 5 rings (SSSR count). The van der Waals surface area contributed by atoms with E-state index in [1.807, 2.05) is 0 Å². The first-order chi connectivity index (χ1) is 57.3. The number of rotatable bonds is 49. The average molecular weight is 1750 g/mol. The Labute approximate surface area is 704 Å². The van der Waals surface area contributed by atoms with Crippen LogP contribution in [0.25, 0.3) is 0 Å². The molecule has 2 unspecified atom stereocenters. The fraction of sp³-hybridized carbons (Fsp3) is 0.455. The number of primary amides is 1. The summed E-state index contributed by atoms with van der Waals surface area (Å²) >= 11 is 0. The van der Waals surface area contributed by atoms with Crippen LogP contribution in [0.4, 0.5) is 0 Å². The zero-order valence-electron chi connectivity index (χ0n) is 67.7. The number of aliphatic carboxylic acids is 4. The SMILES string of the molecule is CC(C)[C@H](NC(=O)[C@H](CCC(=O)O)NC(=O)[C@@H](N)CCC(=O)O)C(=O)N[C@H](C(=O)N[C@H](C(=O)N[C@@H](Cc1ccccc1)C(=O)N[C@@H](Cc1ccccc1)C(=O)N[C@@H](CC(=O)O)C(=O)N[C@@H](Cc1ccc(OS(=O)(=O)[O-])cc1)C(=O)N[C@@H](CC(=O)O)C(=O)N[C@@H](Cc1ccc(O)cc1)C(=O)NCC(=O)N[C@@H](C)C(=O)N1CCC[C@H]1C(N)=O)C(C)O)C(C)O.[NH4+]. The van der Waals surface area contributed by atoms with Crippen molar-refractivity contribution in [2.75, 3.05) is 13.1 Å².